The van der Waals surface area contributed by atoms with Crippen LogP contribution < -0.4 is 9.47 Å². The zero-order chi connectivity index (χ0) is 25.2. The first-order valence-electron chi connectivity index (χ1n) is 12.1. The van der Waals surface area contributed by atoms with Gasteiger partial charge in [-0.05, 0) is 56.2 Å². The first kappa shape index (κ1) is 23.9. The summed E-state index contributed by atoms with van der Waals surface area (Å²) in [6, 6.07) is 21.3. The summed E-state index contributed by atoms with van der Waals surface area (Å²) >= 11 is 6.13. The second kappa shape index (κ2) is 10.1. The summed E-state index contributed by atoms with van der Waals surface area (Å²) in [6.45, 7) is 7.44. The lowest BCUT2D eigenvalue weighted by Gasteiger charge is -2.27. The van der Waals surface area contributed by atoms with Crippen LogP contribution in [0.4, 0.5) is 0 Å². The van der Waals surface area contributed by atoms with Crippen molar-refractivity contribution >= 4 is 17.5 Å². The molecule has 1 aliphatic heterocycles. The smallest absolute Gasteiger partial charge is 0.273 e. The largest absolute Gasteiger partial charge is 0.490 e. The molecule has 1 aliphatic rings. The average molecular weight is 502 g/mol. The molecule has 2 heterocycles. The summed E-state index contributed by atoms with van der Waals surface area (Å²) in [5, 5.41) is 8.21. The van der Waals surface area contributed by atoms with Gasteiger partial charge in [0.05, 0.1) is 24.9 Å². The van der Waals surface area contributed by atoms with Crippen LogP contribution in [0, 0.1) is 6.92 Å². The molecule has 184 valence electrons. The summed E-state index contributed by atoms with van der Waals surface area (Å²) in [5.41, 5.74) is 6.14. The number of hydrogen-bond acceptors (Lipinski definition) is 4. The molecular weight excluding hydrogens is 474 g/mol. The number of aromatic amines is 1. The van der Waals surface area contributed by atoms with Gasteiger partial charge in [-0.25, -0.2) is 0 Å². The minimum absolute atomic E-state index is 0.0878. The number of rotatable bonds is 8. The number of halogens is 1. The molecule has 3 aromatic carbocycles. The molecule has 1 N–H and O–H groups in total. The number of aryl methyl sites for hydroxylation is 1. The van der Waals surface area contributed by atoms with Gasteiger partial charge in [-0.2, -0.15) is 5.10 Å². The van der Waals surface area contributed by atoms with Crippen molar-refractivity contribution in [3.8, 4) is 22.8 Å². The summed E-state index contributed by atoms with van der Waals surface area (Å²) in [5.74, 6) is 1.25. The topological polar surface area (TPSA) is 67.5 Å². The number of carbonyl (C=O) groups excluding carboxylic acids is 1. The quantitative estimate of drug-likeness (QED) is 0.296. The Balaban J connectivity index is 1.64. The number of nitrogens with zero attached hydrogens (tertiary/aromatic N) is 2. The Bertz CT molecular complexity index is 1380. The van der Waals surface area contributed by atoms with E-state index in [0.29, 0.717) is 42.0 Å². The predicted molar refractivity (Wildman–Crippen MR) is 141 cm³/mol. The first-order valence-corrected chi connectivity index (χ1v) is 12.5. The minimum Gasteiger partial charge on any atom is -0.490 e. The van der Waals surface area contributed by atoms with E-state index >= 15 is 0 Å². The van der Waals surface area contributed by atoms with Crippen molar-refractivity contribution in [1.29, 1.82) is 0 Å². The fourth-order valence-electron chi connectivity index (χ4n) is 4.66. The van der Waals surface area contributed by atoms with Crippen LogP contribution in [-0.4, -0.2) is 34.2 Å². The number of carbonyl (C=O) groups is 1. The van der Waals surface area contributed by atoms with Gasteiger partial charge in [0.15, 0.2) is 11.5 Å². The molecule has 36 heavy (non-hydrogen) atoms. The Morgan fingerprint density at radius 1 is 0.944 bits per heavy atom. The van der Waals surface area contributed by atoms with E-state index in [2.05, 4.69) is 41.4 Å². The summed E-state index contributed by atoms with van der Waals surface area (Å²) < 4.78 is 11.7. The fraction of sp³-hybridized carbons (Fsp3) is 0.241. The van der Waals surface area contributed by atoms with Gasteiger partial charge in [0, 0.05) is 22.7 Å². The Morgan fingerprint density at radius 2 is 1.64 bits per heavy atom. The van der Waals surface area contributed by atoms with E-state index in [9.17, 15) is 4.79 Å². The first-order chi connectivity index (χ1) is 17.5. The maximum absolute atomic E-state index is 13.7. The van der Waals surface area contributed by atoms with Crippen LogP contribution in [0.5, 0.6) is 11.5 Å². The van der Waals surface area contributed by atoms with Gasteiger partial charge in [0.1, 0.15) is 5.69 Å². The van der Waals surface area contributed by atoms with Crippen LogP contribution >= 0.6 is 11.6 Å². The molecule has 1 unspecified atom stereocenters. The van der Waals surface area contributed by atoms with Crippen molar-refractivity contribution < 1.29 is 14.3 Å². The predicted octanol–water partition coefficient (Wildman–Crippen LogP) is 6.58. The van der Waals surface area contributed by atoms with E-state index < -0.39 is 0 Å². The van der Waals surface area contributed by atoms with Gasteiger partial charge in [0.2, 0.25) is 0 Å². The summed E-state index contributed by atoms with van der Waals surface area (Å²) in [4.78, 5) is 15.6. The standard InChI is InChI=1S/C29H28ClN3O3/c1-4-35-23-15-12-21(16-24(23)36-5-2)28-25-26(20-10-13-22(30)14-11-20)31-32-27(25)29(34)33(28)17-19-8-6-18(3)7-9-19/h6-16,28H,4-5,17H2,1-3H3,(H,31,32). The van der Waals surface area contributed by atoms with Crippen molar-refractivity contribution in [1.82, 2.24) is 15.1 Å². The van der Waals surface area contributed by atoms with E-state index in [4.69, 9.17) is 21.1 Å². The maximum Gasteiger partial charge on any atom is 0.273 e. The van der Waals surface area contributed by atoms with Crippen molar-refractivity contribution in [2.75, 3.05) is 13.2 Å². The lowest BCUT2D eigenvalue weighted by molar-refractivity contribution is 0.0729. The van der Waals surface area contributed by atoms with Crippen LogP contribution in [0.2, 0.25) is 5.02 Å². The van der Waals surface area contributed by atoms with Crippen LogP contribution in [0.25, 0.3) is 11.3 Å². The third kappa shape index (κ3) is 4.44. The number of benzene rings is 3. The van der Waals surface area contributed by atoms with Gasteiger partial charge in [0.25, 0.3) is 5.91 Å². The number of hydrogen-bond donors (Lipinski definition) is 1. The van der Waals surface area contributed by atoms with E-state index in [1.807, 2.05) is 61.2 Å². The number of amides is 1. The molecular formula is C29H28ClN3O3. The highest BCUT2D eigenvalue weighted by molar-refractivity contribution is 6.30. The Kier molecular flexibility index (Phi) is 6.70. The molecule has 0 spiro atoms. The second-order valence-electron chi connectivity index (χ2n) is 8.76. The van der Waals surface area contributed by atoms with E-state index in [1.54, 1.807) is 0 Å². The molecule has 0 saturated carbocycles. The number of H-pyrrole nitrogens is 1. The molecule has 1 amide bonds. The highest BCUT2D eigenvalue weighted by Crippen LogP contribution is 2.45. The molecule has 0 fully saturated rings. The molecule has 4 aromatic rings. The molecule has 5 rings (SSSR count). The second-order valence-corrected chi connectivity index (χ2v) is 9.20. The van der Waals surface area contributed by atoms with E-state index in [1.165, 1.54) is 5.56 Å². The molecule has 0 radical (unpaired) electrons. The van der Waals surface area contributed by atoms with Gasteiger partial charge >= 0.3 is 0 Å². The molecule has 0 aliphatic carbocycles. The monoisotopic (exact) mass is 501 g/mol. The van der Waals surface area contributed by atoms with Crippen molar-refractivity contribution in [2.24, 2.45) is 0 Å². The molecule has 1 aromatic heterocycles. The number of ether oxygens (including phenoxy) is 2. The molecule has 0 saturated heterocycles. The number of fused-ring (bicyclic) bond motifs is 1. The molecule has 0 bridgehead atoms. The molecule has 6 nitrogen and oxygen atoms in total. The van der Waals surface area contributed by atoms with Crippen molar-refractivity contribution in [3.05, 3.63) is 99.7 Å². The fourth-order valence-corrected chi connectivity index (χ4v) is 4.79. The van der Waals surface area contributed by atoms with Crippen molar-refractivity contribution in [3.63, 3.8) is 0 Å². The van der Waals surface area contributed by atoms with E-state index in [-0.39, 0.29) is 11.9 Å². The van der Waals surface area contributed by atoms with Crippen LogP contribution in [-0.2, 0) is 6.54 Å². The zero-order valence-electron chi connectivity index (χ0n) is 20.5. The zero-order valence-corrected chi connectivity index (χ0v) is 21.3. The maximum atomic E-state index is 13.7. The van der Waals surface area contributed by atoms with Crippen LogP contribution in [0.15, 0.2) is 66.7 Å². The highest BCUT2D eigenvalue weighted by Gasteiger charge is 2.42. The lowest BCUT2D eigenvalue weighted by Crippen LogP contribution is -2.29. The van der Waals surface area contributed by atoms with Gasteiger partial charge in [-0.15, -0.1) is 0 Å². The third-order valence-electron chi connectivity index (χ3n) is 6.34. The van der Waals surface area contributed by atoms with Crippen molar-refractivity contribution in [2.45, 2.75) is 33.4 Å². The molecule has 7 heteroatoms. The third-order valence-corrected chi connectivity index (χ3v) is 6.59. The Morgan fingerprint density at radius 3 is 2.33 bits per heavy atom. The number of nitrogens with one attached hydrogen (secondary N) is 1. The van der Waals surface area contributed by atoms with Gasteiger partial charge in [-0.3, -0.25) is 9.89 Å². The molecule has 1 atom stereocenters. The van der Waals surface area contributed by atoms with Gasteiger partial charge in [-0.1, -0.05) is 59.6 Å². The highest BCUT2D eigenvalue weighted by atomic mass is 35.5. The SMILES string of the molecule is CCOc1ccc(C2c3c(-c4ccc(Cl)cc4)n[nH]c3C(=O)N2Cc2ccc(C)cc2)cc1OCC. The Labute approximate surface area is 215 Å². The van der Waals surface area contributed by atoms with E-state index in [0.717, 1.165) is 27.9 Å². The summed E-state index contributed by atoms with van der Waals surface area (Å²) in [6.07, 6.45) is 0. The Hall–Kier alpha value is -3.77. The number of aromatic nitrogens is 2. The normalized spacial score (nSPS) is 14.7. The van der Waals surface area contributed by atoms with Crippen LogP contribution in [0.3, 0.4) is 0 Å². The summed E-state index contributed by atoms with van der Waals surface area (Å²) in [7, 11) is 0. The average Bonchev–Trinajstić information content (AvgIpc) is 3.42. The van der Waals surface area contributed by atoms with Gasteiger partial charge < -0.3 is 14.4 Å². The minimum atomic E-state index is -0.354. The van der Waals surface area contributed by atoms with Crippen LogP contribution in [0.1, 0.15) is 52.6 Å². The lowest BCUT2D eigenvalue weighted by atomic mass is 9.95.